The summed E-state index contributed by atoms with van der Waals surface area (Å²) in [7, 11) is 1.80. The van der Waals surface area contributed by atoms with Crippen LogP contribution in [0.15, 0.2) is 15.8 Å². The molecular formula is C17H24N6O4S2. The highest BCUT2D eigenvalue weighted by Gasteiger charge is 2.60. The van der Waals surface area contributed by atoms with E-state index in [-0.39, 0.29) is 34.9 Å². The van der Waals surface area contributed by atoms with E-state index < -0.39 is 18.0 Å². The standard InChI is InChI=1S/C17H24N6O4S2/c1-7-12-11(8(2)24)15(25)23(12)13(16(26)27)14(7)29-10-4-9(18-5-10)6-28-17-19-20-21-22(17)3/h7-12,18,24H,4-6H2,1-3H3,(H,26,27)/t7-,8-,9+,10?,11-,12-/m1/s1. The van der Waals surface area contributed by atoms with Gasteiger partial charge in [0.2, 0.25) is 11.1 Å². The van der Waals surface area contributed by atoms with Crippen molar-refractivity contribution >= 4 is 35.4 Å². The minimum absolute atomic E-state index is 0.0948. The third-order valence-corrected chi connectivity index (χ3v) is 8.47. The zero-order valence-corrected chi connectivity index (χ0v) is 18.0. The van der Waals surface area contributed by atoms with E-state index in [0.717, 1.165) is 28.8 Å². The second kappa shape index (κ2) is 7.89. The Labute approximate surface area is 176 Å². The predicted molar refractivity (Wildman–Crippen MR) is 107 cm³/mol. The number of rotatable bonds is 7. The molecule has 0 saturated carbocycles. The van der Waals surface area contributed by atoms with E-state index in [0.29, 0.717) is 0 Å². The lowest BCUT2D eigenvalue weighted by Crippen LogP contribution is -2.63. The number of nitrogens with zero attached hydrogens (tertiary/aromatic N) is 5. The average Bonchev–Trinajstić information content (AvgIpc) is 3.32. The fraction of sp³-hybridized carbons (Fsp3) is 0.706. The first-order valence-corrected chi connectivity index (χ1v) is 11.4. The Morgan fingerprint density at radius 3 is 2.83 bits per heavy atom. The number of carbonyl (C=O) groups excluding carboxylic acids is 1. The van der Waals surface area contributed by atoms with Gasteiger partial charge in [0.15, 0.2) is 0 Å². The van der Waals surface area contributed by atoms with Crippen LogP contribution in [0.3, 0.4) is 0 Å². The number of thioether (sulfide) groups is 2. The molecule has 10 nitrogen and oxygen atoms in total. The fourth-order valence-electron chi connectivity index (χ4n) is 4.38. The number of aliphatic carboxylic acids is 1. The van der Waals surface area contributed by atoms with Gasteiger partial charge in [0, 0.05) is 41.5 Å². The van der Waals surface area contributed by atoms with E-state index in [1.807, 2.05) is 6.92 Å². The van der Waals surface area contributed by atoms with Crippen molar-refractivity contribution in [1.82, 2.24) is 30.4 Å². The summed E-state index contributed by atoms with van der Waals surface area (Å²) in [5.41, 5.74) is 0.0948. The zero-order chi connectivity index (χ0) is 20.9. The van der Waals surface area contributed by atoms with Crippen LogP contribution in [-0.4, -0.2) is 82.9 Å². The summed E-state index contributed by atoms with van der Waals surface area (Å²) < 4.78 is 1.63. The van der Waals surface area contributed by atoms with Gasteiger partial charge in [-0.2, -0.15) is 0 Å². The van der Waals surface area contributed by atoms with Gasteiger partial charge in [-0.3, -0.25) is 4.79 Å². The van der Waals surface area contributed by atoms with Gasteiger partial charge in [0.25, 0.3) is 0 Å². The van der Waals surface area contributed by atoms with E-state index in [9.17, 15) is 19.8 Å². The maximum Gasteiger partial charge on any atom is 0.353 e. The number of amides is 1. The molecule has 0 bridgehead atoms. The van der Waals surface area contributed by atoms with Crippen molar-refractivity contribution in [2.45, 2.75) is 48.9 Å². The summed E-state index contributed by atoms with van der Waals surface area (Å²) in [5, 5.41) is 35.6. The van der Waals surface area contributed by atoms with Crippen LogP contribution < -0.4 is 5.32 Å². The van der Waals surface area contributed by atoms with Crippen molar-refractivity contribution < 1.29 is 19.8 Å². The van der Waals surface area contributed by atoms with E-state index >= 15 is 0 Å². The van der Waals surface area contributed by atoms with Gasteiger partial charge in [0.1, 0.15) is 5.70 Å². The molecule has 3 aliphatic rings. The number of fused-ring (bicyclic) bond motifs is 1. The highest BCUT2D eigenvalue weighted by molar-refractivity contribution is 8.03. The van der Waals surface area contributed by atoms with Crippen LogP contribution in [0.1, 0.15) is 20.3 Å². The summed E-state index contributed by atoms with van der Waals surface area (Å²) in [6.45, 7) is 4.32. The molecule has 0 spiro atoms. The number of aromatic nitrogens is 4. The molecule has 2 saturated heterocycles. The lowest BCUT2D eigenvalue weighted by Gasteiger charge is -2.46. The van der Waals surface area contributed by atoms with Gasteiger partial charge in [-0.25, -0.2) is 9.48 Å². The normalized spacial score (nSPS) is 32.5. The highest BCUT2D eigenvalue weighted by atomic mass is 32.2. The second-order valence-corrected chi connectivity index (χ2v) is 10.1. The molecule has 1 aromatic heterocycles. The predicted octanol–water partition coefficient (Wildman–Crippen LogP) is -0.0804. The van der Waals surface area contributed by atoms with Gasteiger partial charge >= 0.3 is 5.97 Å². The number of carboxylic acids is 1. The summed E-state index contributed by atoms with van der Waals surface area (Å²) in [5.74, 6) is -1.17. The zero-order valence-electron chi connectivity index (χ0n) is 16.3. The molecule has 3 N–H and O–H groups in total. The highest BCUT2D eigenvalue weighted by Crippen LogP contribution is 2.51. The number of aryl methyl sites for hydroxylation is 1. The van der Waals surface area contributed by atoms with Crippen molar-refractivity contribution in [3.05, 3.63) is 10.6 Å². The lowest BCUT2D eigenvalue weighted by molar-refractivity contribution is -0.163. The maximum atomic E-state index is 12.4. The van der Waals surface area contributed by atoms with Crippen LogP contribution in [0.25, 0.3) is 0 Å². The van der Waals surface area contributed by atoms with Gasteiger partial charge in [-0.1, -0.05) is 18.7 Å². The molecule has 12 heteroatoms. The molecule has 0 aliphatic carbocycles. The topological polar surface area (TPSA) is 133 Å². The number of carbonyl (C=O) groups is 2. The van der Waals surface area contributed by atoms with Crippen molar-refractivity contribution in [3.63, 3.8) is 0 Å². The average molecular weight is 441 g/mol. The van der Waals surface area contributed by atoms with Crippen molar-refractivity contribution in [2.24, 2.45) is 18.9 Å². The molecule has 2 fully saturated rings. The van der Waals surface area contributed by atoms with Gasteiger partial charge in [0.05, 0.1) is 18.1 Å². The molecule has 1 aromatic rings. The molecule has 0 aromatic carbocycles. The third kappa shape index (κ3) is 3.56. The first-order valence-electron chi connectivity index (χ1n) is 9.53. The molecule has 4 heterocycles. The number of tetrazole rings is 1. The van der Waals surface area contributed by atoms with Gasteiger partial charge < -0.3 is 20.4 Å². The monoisotopic (exact) mass is 440 g/mol. The smallest absolute Gasteiger partial charge is 0.353 e. The molecule has 1 unspecified atom stereocenters. The number of hydrogen-bond donors (Lipinski definition) is 3. The number of aliphatic hydroxyl groups is 1. The first kappa shape index (κ1) is 20.6. The van der Waals surface area contributed by atoms with E-state index in [2.05, 4.69) is 20.8 Å². The third-order valence-electron chi connectivity index (χ3n) is 5.78. The van der Waals surface area contributed by atoms with Gasteiger partial charge in [-0.15, -0.1) is 16.9 Å². The first-order chi connectivity index (χ1) is 13.8. The van der Waals surface area contributed by atoms with Crippen LogP contribution in [0, 0.1) is 11.8 Å². The molecule has 1 amide bonds. The Balaban J connectivity index is 1.41. The molecule has 158 valence electrons. The number of nitrogens with one attached hydrogen (secondary N) is 1. The van der Waals surface area contributed by atoms with E-state index in [1.54, 1.807) is 42.2 Å². The number of hydrogen-bond acceptors (Lipinski definition) is 9. The van der Waals surface area contributed by atoms with E-state index in [4.69, 9.17) is 0 Å². The Morgan fingerprint density at radius 2 is 2.21 bits per heavy atom. The molecule has 6 atom stereocenters. The molecule has 4 rings (SSSR count). The molecular weight excluding hydrogens is 416 g/mol. The molecule has 29 heavy (non-hydrogen) atoms. The van der Waals surface area contributed by atoms with Crippen molar-refractivity contribution in [2.75, 3.05) is 12.3 Å². The lowest BCUT2D eigenvalue weighted by atomic mass is 9.79. The Hall–Kier alpha value is -1.63. The van der Waals surface area contributed by atoms with E-state index in [1.165, 1.54) is 4.90 Å². The summed E-state index contributed by atoms with van der Waals surface area (Å²) >= 11 is 3.14. The SMILES string of the molecule is C[C@@H](O)[C@H]1C(=O)N2C(C(=O)O)=C(SC3CN[C@H](CSc4nnnn4C)C3)[C@H](C)[C@H]12. The minimum atomic E-state index is -1.08. The number of aliphatic hydroxyl groups excluding tert-OH is 1. The molecule has 3 aliphatic heterocycles. The quantitative estimate of drug-likeness (QED) is 0.390. The molecule has 0 radical (unpaired) electrons. The van der Waals surface area contributed by atoms with Crippen LogP contribution in [0.5, 0.6) is 0 Å². The Kier molecular flexibility index (Phi) is 5.62. The van der Waals surface area contributed by atoms with Crippen LogP contribution in [0.2, 0.25) is 0 Å². The number of carboxylic acid groups (broad SMARTS) is 1. The van der Waals surface area contributed by atoms with Crippen LogP contribution in [0.4, 0.5) is 0 Å². The Bertz CT molecular complexity index is 859. The summed E-state index contributed by atoms with van der Waals surface area (Å²) in [6.07, 6.45) is 0.111. The van der Waals surface area contributed by atoms with Crippen molar-refractivity contribution in [1.29, 1.82) is 0 Å². The largest absolute Gasteiger partial charge is 0.477 e. The number of β-lactam (4-membered cyclic amide) rings is 1. The second-order valence-electron chi connectivity index (χ2n) is 7.75. The minimum Gasteiger partial charge on any atom is -0.477 e. The fourth-order valence-corrected chi connectivity index (χ4v) is 6.82. The van der Waals surface area contributed by atoms with Crippen molar-refractivity contribution in [3.8, 4) is 0 Å². The van der Waals surface area contributed by atoms with Crippen LogP contribution >= 0.6 is 23.5 Å². The van der Waals surface area contributed by atoms with Crippen LogP contribution in [-0.2, 0) is 16.6 Å². The summed E-state index contributed by atoms with van der Waals surface area (Å²) in [6, 6.07) is 0.0175. The maximum absolute atomic E-state index is 12.4. The Morgan fingerprint density at radius 1 is 1.45 bits per heavy atom. The van der Waals surface area contributed by atoms with Gasteiger partial charge in [-0.05, 0) is 23.8 Å². The summed E-state index contributed by atoms with van der Waals surface area (Å²) in [4.78, 5) is 26.5.